The van der Waals surface area contributed by atoms with Crippen molar-refractivity contribution < 1.29 is 14.3 Å². The molecule has 3 rings (SSSR count). The molecule has 1 amide bonds. The summed E-state index contributed by atoms with van der Waals surface area (Å²) in [6.45, 7) is 4.72. The summed E-state index contributed by atoms with van der Waals surface area (Å²) in [6.07, 6.45) is 0. The molecule has 0 spiro atoms. The van der Waals surface area contributed by atoms with Crippen LogP contribution in [-0.2, 0) is 4.79 Å². The third-order valence-electron chi connectivity index (χ3n) is 3.90. The Morgan fingerprint density at radius 3 is 2.16 bits per heavy atom. The van der Waals surface area contributed by atoms with Crippen molar-refractivity contribution in [2.75, 3.05) is 26.2 Å². The lowest BCUT2D eigenvalue weighted by atomic mass is 10.0. The van der Waals surface area contributed by atoms with Gasteiger partial charge in [0.05, 0.1) is 0 Å². The molecule has 0 aromatic heterocycles. The van der Waals surface area contributed by atoms with Crippen molar-refractivity contribution >= 4 is 18.3 Å². The lowest BCUT2D eigenvalue weighted by Crippen LogP contribution is -2.48. The topological polar surface area (TPSA) is 59.6 Å². The minimum atomic E-state index is -0.0955. The van der Waals surface area contributed by atoms with E-state index in [1.54, 1.807) is 12.1 Å². The number of hydrogen-bond acceptors (Lipinski definition) is 4. The number of hydrogen-bond donors (Lipinski definition) is 2. The molecule has 0 radical (unpaired) electrons. The fourth-order valence-electron chi connectivity index (χ4n) is 2.30. The standard InChI is InChI=1S/C19H22N2O3.ClH/c1-14-2-4-17(5-3-14)24-18-8-6-16(7-9-18)23-13-19(22)21-12-15-10-20-11-15;/h2-9,15,20H,10-13H2,1H3,(H,21,22);1H. The summed E-state index contributed by atoms with van der Waals surface area (Å²) in [5.41, 5.74) is 1.19. The Balaban J connectivity index is 0.00000225. The molecule has 1 aliphatic rings. The molecular formula is C19H23ClN2O3. The van der Waals surface area contributed by atoms with E-state index in [4.69, 9.17) is 9.47 Å². The first-order valence-electron chi connectivity index (χ1n) is 8.14. The predicted octanol–water partition coefficient (Wildman–Crippen LogP) is 2.92. The van der Waals surface area contributed by atoms with E-state index in [1.807, 2.05) is 43.3 Å². The Labute approximate surface area is 154 Å². The van der Waals surface area contributed by atoms with E-state index in [2.05, 4.69) is 10.6 Å². The third-order valence-corrected chi connectivity index (χ3v) is 3.90. The molecule has 2 aromatic carbocycles. The van der Waals surface area contributed by atoms with Crippen LogP contribution in [0.15, 0.2) is 48.5 Å². The first-order chi connectivity index (χ1) is 11.7. The Kier molecular flexibility index (Phi) is 7.10. The Bertz CT molecular complexity index is 670. The van der Waals surface area contributed by atoms with Gasteiger partial charge in [-0.1, -0.05) is 17.7 Å². The molecule has 5 nitrogen and oxygen atoms in total. The van der Waals surface area contributed by atoms with Crippen molar-refractivity contribution in [1.82, 2.24) is 10.6 Å². The van der Waals surface area contributed by atoms with Crippen LogP contribution in [0, 0.1) is 12.8 Å². The summed E-state index contributed by atoms with van der Waals surface area (Å²) >= 11 is 0. The number of benzene rings is 2. The second kappa shape index (κ2) is 9.30. The number of carbonyl (C=O) groups excluding carboxylic acids is 1. The number of rotatable bonds is 7. The van der Waals surface area contributed by atoms with Gasteiger partial charge in [-0.3, -0.25) is 4.79 Å². The van der Waals surface area contributed by atoms with Crippen LogP contribution in [-0.4, -0.2) is 32.1 Å². The molecule has 1 heterocycles. The van der Waals surface area contributed by atoms with Crippen LogP contribution in [0.2, 0.25) is 0 Å². The van der Waals surface area contributed by atoms with Gasteiger partial charge in [0.2, 0.25) is 0 Å². The molecule has 1 saturated heterocycles. The molecule has 1 aliphatic heterocycles. The molecule has 6 heteroatoms. The van der Waals surface area contributed by atoms with Crippen molar-refractivity contribution in [3.8, 4) is 17.2 Å². The number of amides is 1. The van der Waals surface area contributed by atoms with Gasteiger partial charge in [0.1, 0.15) is 17.2 Å². The Morgan fingerprint density at radius 1 is 1.04 bits per heavy atom. The van der Waals surface area contributed by atoms with Crippen molar-refractivity contribution in [2.45, 2.75) is 6.92 Å². The van der Waals surface area contributed by atoms with Gasteiger partial charge in [-0.15, -0.1) is 12.4 Å². The maximum Gasteiger partial charge on any atom is 0.257 e. The lowest BCUT2D eigenvalue weighted by Gasteiger charge is -2.27. The van der Waals surface area contributed by atoms with Gasteiger partial charge >= 0.3 is 0 Å². The van der Waals surface area contributed by atoms with Crippen molar-refractivity contribution in [2.24, 2.45) is 5.92 Å². The number of ether oxygens (including phenoxy) is 2. The molecule has 25 heavy (non-hydrogen) atoms. The minimum Gasteiger partial charge on any atom is -0.484 e. The first kappa shape index (κ1) is 19.1. The smallest absolute Gasteiger partial charge is 0.257 e. The van der Waals surface area contributed by atoms with E-state index in [-0.39, 0.29) is 24.9 Å². The summed E-state index contributed by atoms with van der Waals surface area (Å²) in [4.78, 5) is 11.7. The van der Waals surface area contributed by atoms with Crippen LogP contribution in [0.25, 0.3) is 0 Å². The molecule has 0 unspecified atom stereocenters. The fraction of sp³-hybridized carbons (Fsp3) is 0.316. The zero-order valence-electron chi connectivity index (χ0n) is 14.2. The van der Waals surface area contributed by atoms with Gasteiger partial charge in [-0.25, -0.2) is 0 Å². The number of carbonyl (C=O) groups is 1. The van der Waals surface area contributed by atoms with Crippen molar-refractivity contribution in [3.63, 3.8) is 0 Å². The SMILES string of the molecule is Cc1ccc(Oc2ccc(OCC(=O)NCC3CNC3)cc2)cc1.Cl. The van der Waals surface area contributed by atoms with Gasteiger partial charge in [-0.2, -0.15) is 0 Å². The maximum atomic E-state index is 11.7. The lowest BCUT2D eigenvalue weighted by molar-refractivity contribution is -0.123. The van der Waals surface area contributed by atoms with E-state index in [1.165, 1.54) is 5.56 Å². The van der Waals surface area contributed by atoms with Crippen LogP contribution in [0.1, 0.15) is 5.56 Å². The molecule has 2 N–H and O–H groups in total. The summed E-state index contributed by atoms with van der Waals surface area (Å²) in [6, 6.07) is 15.1. The highest BCUT2D eigenvalue weighted by Crippen LogP contribution is 2.24. The van der Waals surface area contributed by atoms with Gasteiger partial charge in [0.15, 0.2) is 6.61 Å². The highest BCUT2D eigenvalue weighted by atomic mass is 35.5. The molecule has 134 valence electrons. The van der Waals surface area contributed by atoms with E-state index < -0.39 is 0 Å². The van der Waals surface area contributed by atoms with E-state index in [0.29, 0.717) is 18.2 Å². The van der Waals surface area contributed by atoms with E-state index >= 15 is 0 Å². The molecule has 2 aromatic rings. The molecule has 0 aliphatic carbocycles. The van der Waals surface area contributed by atoms with Crippen LogP contribution >= 0.6 is 12.4 Å². The van der Waals surface area contributed by atoms with E-state index in [0.717, 1.165) is 24.6 Å². The molecule has 0 atom stereocenters. The molecule has 0 bridgehead atoms. The summed E-state index contributed by atoms with van der Waals surface area (Å²) < 4.78 is 11.2. The zero-order valence-corrected chi connectivity index (χ0v) is 15.0. The molecule has 1 fully saturated rings. The maximum absolute atomic E-state index is 11.7. The second-order valence-electron chi connectivity index (χ2n) is 6.00. The van der Waals surface area contributed by atoms with Gasteiger partial charge < -0.3 is 20.1 Å². The largest absolute Gasteiger partial charge is 0.484 e. The van der Waals surface area contributed by atoms with Crippen molar-refractivity contribution in [1.29, 1.82) is 0 Å². The quantitative estimate of drug-likeness (QED) is 0.795. The van der Waals surface area contributed by atoms with Gasteiger partial charge in [0.25, 0.3) is 5.91 Å². The van der Waals surface area contributed by atoms with Crippen LogP contribution in [0.5, 0.6) is 17.2 Å². The van der Waals surface area contributed by atoms with Crippen LogP contribution < -0.4 is 20.1 Å². The first-order valence-corrected chi connectivity index (χ1v) is 8.14. The average Bonchev–Trinajstić information content (AvgIpc) is 2.55. The average molecular weight is 363 g/mol. The zero-order chi connectivity index (χ0) is 16.8. The third kappa shape index (κ3) is 5.96. The Morgan fingerprint density at radius 2 is 1.60 bits per heavy atom. The second-order valence-corrected chi connectivity index (χ2v) is 6.00. The predicted molar refractivity (Wildman–Crippen MR) is 99.8 cm³/mol. The summed E-state index contributed by atoms with van der Waals surface area (Å²) in [5, 5.41) is 6.05. The summed E-state index contributed by atoms with van der Waals surface area (Å²) in [7, 11) is 0. The Hall–Kier alpha value is -2.24. The van der Waals surface area contributed by atoms with Crippen LogP contribution in [0.3, 0.4) is 0 Å². The molecule has 0 saturated carbocycles. The van der Waals surface area contributed by atoms with Gasteiger partial charge in [-0.05, 0) is 43.3 Å². The monoisotopic (exact) mass is 362 g/mol. The number of nitrogens with one attached hydrogen (secondary N) is 2. The number of halogens is 1. The molecular weight excluding hydrogens is 340 g/mol. The van der Waals surface area contributed by atoms with Crippen molar-refractivity contribution in [3.05, 3.63) is 54.1 Å². The highest BCUT2D eigenvalue weighted by Gasteiger charge is 2.17. The van der Waals surface area contributed by atoms with Gasteiger partial charge in [0, 0.05) is 25.6 Å². The minimum absolute atomic E-state index is 0. The summed E-state index contributed by atoms with van der Waals surface area (Å²) in [5.74, 6) is 2.62. The van der Waals surface area contributed by atoms with Crippen LogP contribution in [0.4, 0.5) is 0 Å². The highest BCUT2D eigenvalue weighted by molar-refractivity contribution is 5.85. The van der Waals surface area contributed by atoms with E-state index in [9.17, 15) is 4.79 Å². The fourth-order valence-corrected chi connectivity index (χ4v) is 2.30. The number of aryl methyl sites for hydroxylation is 1. The normalized spacial score (nSPS) is 13.3.